The first-order valence-corrected chi connectivity index (χ1v) is 5.26. The molecule has 2 rings (SSSR count). The van der Waals surface area contributed by atoms with Crippen molar-refractivity contribution in [3.8, 4) is 0 Å². The summed E-state index contributed by atoms with van der Waals surface area (Å²) in [6.07, 6.45) is 9.14. The quantitative estimate of drug-likeness (QED) is 0.624. The Hall–Kier alpha value is -0.370. The van der Waals surface area contributed by atoms with Crippen molar-refractivity contribution in [3.05, 3.63) is 0 Å². The van der Waals surface area contributed by atoms with Crippen molar-refractivity contribution in [1.29, 1.82) is 0 Å². The molecule has 0 aromatic rings. The van der Waals surface area contributed by atoms with E-state index in [4.69, 9.17) is 4.74 Å². The normalized spacial score (nSPS) is 28.7. The highest BCUT2D eigenvalue weighted by atomic mass is 16.5. The predicted octanol–water partition coefficient (Wildman–Crippen LogP) is 2.31. The molecule has 0 spiro atoms. The molecule has 74 valence electrons. The highest BCUT2D eigenvalue weighted by Crippen LogP contribution is 2.53. The second-order valence-electron chi connectivity index (χ2n) is 4.75. The molecule has 2 heteroatoms. The van der Waals surface area contributed by atoms with Crippen LogP contribution in [0.2, 0.25) is 0 Å². The third kappa shape index (κ3) is 1.64. The number of carbonyl (C=O) groups excluding carboxylic acids is 1. The van der Waals surface area contributed by atoms with Crippen LogP contribution in [0, 0.1) is 5.41 Å². The lowest BCUT2D eigenvalue weighted by Gasteiger charge is -2.29. The van der Waals surface area contributed by atoms with Crippen molar-refractivity contribution < 1.29 is 9.53 Å². The van der Waals surface area contributed by atoms with E-state index in [2.05, 4.69) is 0 Å². The Kier molecular flexibility index (Phi) is 2.18. The van der Waals surface area contributed by atoms with Crippen molar-refractivity contribution in [2.75, 3.05) is 7.11 Å². The zero-order valence-electron chi connectivity index (χ0n) is 8.34. The Morgan fingerprint density at radius 1 is 1.23 bits per heavy atom. The molecular formula is C11H18O2. The minimum atomic E-state index is 0.0142. The van der Waals surface area contributed by atoms with Crippen LogP contribution in [-0.2, 0) is 9.53 Å². The Morgan fingerprint density at radius 3 is 2.23 bits per heavy atom. The predicted molar refractivity (Wildman–Crippen MR) is 50.6 cm³/mol. The van der Waals surface area contributed by atoms with Crippen LogP contribution in [0.25, 0.3) is 0 Å². The van der Waals surface area contributed by atoms with E-state index in [0.29, 0.717) is 0 Å². The first-order valence-electron chi connectivity index (χ1n) is 5.26. The van der Waals surface area contributed by atoms with Gasteiger partial charge in [0.05, 0.1) is 5.60 Å². The zero-order valence-corrected chi connectivity index (χ0v) is 8.34. The second kappa shape index (κ2) is 3.09. The van der Waals surface area contributed by atoms with Crippen LogP contribution in [0.5, 0.6) is 0 Å². The van der Waals surface area contributed by atoms with Gasteiger partial charge in [0.15, 0.2) is 0 Å². The fourth-order valence-electron chi connectivity index (χ4n) is 2.61. The van der Waals surface area contributed by atoms with E-state index in [-0.39, 0.29) is 11.0 Å². The molecule has 2 aliphatic carbocycles. The van der Waals surface area contributed by atoms with E-state index >= 15 is 0 Å². The van der Waals surface area contributed by atoms with Gasteiger partial charge in [-0.25, -0.2) is 0 Å². The number of aldehydes is 1. The smallest absolute Gasteiger partial charge is 0.126 e. The second-order valence-corrected chi connectivity index (χ2v) is 4.75. The first kappa shape index (κ1) is 9.20. The molecule has 0 N–H and O–H groups in total. The van der Waals surface area contributed by atoms with E-state index in [1.807, 2.05) is 0 Å². The highest BCUT2D eigenvalue weighted by molar-refractivity contribution is 5.63. The van der Waals surface area contributed by atoms with Crippen LogP contribution in [0.3, 0.4) is 0 Å². The summed E-state index contributed by atoms with van der Waals surface area (Å²) in [6, 6.07) is 0. The van der Waals surface area contributed by atoms with Crippen LogP contribution in [0.4, 0.5) is 0 Å². The topological polar surface area (TPSA) is 26.3 Å². The molecule has 2 fully saturated rings. The maximum Gasteiger partial charge on any atom is 0.126 e. The van der Waals surface area contributed by atoms with Gasteiger partial charge in [-0.2, -0.15) is 0 Å². The fourth-order valence-corrected chi connectivity index (χ4v) is 2.61. The Bertz CT molecular complexity index is 200. The van der Waals surface area contributed by atoms with Crippen LogP contribution in [0.15, 0.2) is 0 Å². The van der Waals surface area contributed by atoms with Crippen LogP contribution >= 0.6 is 0 Å². The fraction of sp³-hybridized carbons (Fsp3) is 0.909. The van der Waals surface area contributed by atoms with Gasteiger partial charge in [0, 0.05) is 12.5 Å². The van der Waals surface area contributed by atoms with Gasteiger partial charge in [0.2, 0.25) is 0 Å². The molecule has 0 heterocycles. The number of ether oxygens (including phenoxy) is 1. The summed E-state index contributed by atoms with van der Waals surface area (Å²) in [5.41, 5.74) is 0.0672. The maximum atomic E-state index is 10.9. The highest BCUT2D eigenvalue weighted by Gasteiger charge is 2.50. The van der Waals surface area contributed by atoms with Crippen molar-refractivity contribution in [1.82, 2.24) is 0 Å². The molecule has 0 saturated heterocycles. The molecule has 0 bridgehead atoms. The minimum absolute atomic E-state index is 0.0142. The SMILES string of the molecule is COC1(CC2(C=O)CC2)CCCC1. The molecule has 0 aromatic carbocycles. The molecule has 2 nitrogen and oxygen atoms in total. The average Bonchev–Trinajstić information content (AvgIpc) is 2.77. The molecular weight excluding hydrogens is 164 g/mol. The molecule has 0 atom stereocenters. The van der Waals surface area contributed by atoms with Gasteiger partial charge < -0.3 is 9.53 Å². The Balaban J connectivity index is 2.01. The first-order chi connectivity index (χ1) is 6.24. The Morgan fingerprint density at radius 2 is 1.85 bits per heavy atom. The van der Waals surface area contributed by atoms with Crippen LogP contribution < -0.4 is 0 Å². The van der Waals surface area contributed by atoms with E-state index in [1.165, 1.54) is 12.8 Å². The minimum Gasteiger partial charge on any atom is -0.378 e. The summed E-state index contributed by atoms with van der Waals surface area (Å²) in [7, 11) is 1.80. The summed E-state index contributed by atoms with van der Waals surface area (Å²) in [6.45, 7) is 0. The van der Waals surface area contributed by atoms with E-state index in [1.54, 1.807) is 7.11 Å². The van der Waals surface area contributed by atoms with Crippen LogP contribution in [0.1, 0.15) is 44.9 Å². The Labute approximate surface area is 79.7 Å². The lowest BCUT2D eigenvalue weighted by atomic mass is 9.87. The summed E-state index contributed by atoms with van der Waals surface area (Å²) >= 11 is 0. The van der Waals surface area contributed by atoms with Gasteiger partial charge in [-0.1, -0.05) is 12.8 Å². The largest absolute Gasteiger partial charge is 0.378 e. The third-order valence-electron chi connectivity index (χ3n) is 3.76. The van der Waals surface area contributed by atoms with Crippen molar-refractivity contribution in [3.63, 3.8) is 0 Å². The monoisotopic (exact) mass is 182 g/mol. The summed E-state index contributed by atoms with van der Waals surface area (Å²) in [5, 5.41) is 0. The lowest BCUT2D eigenvalue weighted by molar-refractivity contribution is -0.115. The number of hydrogen-bond donors (Lipinski definition) is 0. The molecule has 0 unspecified atom stereocenters. The van der Waals surface area contributed by atoms with Crippen molar-refractivity contribution in [2.45, 2.75) is 50.5 Å². The van der Waals surface area contributed by atoms with Gasteiger partial charge in [-0.3, -0.25) is 0 Å². The molecule has 0 aliphatic heterocycles. The van der Waals surface area contributed by atoms with Crippen LogP contribution in [-0.4, -0.2) is 19.0 Å². The van der Waals surface area contributed by atoms with Crippen molar-refractivity contribution >= 4 is 6.29 Å². The van der Waals surface area contributed by atoms with Gasteiger partial charge >= 0.3 is 0 Å². The maximum absolute atomic E-state index is 10.9. The molecule has 0 aromatic heterocycles. The third-order valence-corrected chi connectivity index (χ3v) is 3.76. The van der Waals surface area contributed by atoms with E-state index in [9.17, 15) is 4.79 Å². The van der Waals surface area contributed by atoms with E-state index < -0.39 is 0 Å². The zero-order chi connectivity index (χ0) is 9.36. The van der Waals surface area contributed by atoms with E-state index in [0.717, 1.165) is 38.4 Å². The van der Waals surface area contributed by atoms with Gasteiger partial charge in [-0.15, -0.1) is 0 Å². The van der Waals surface area contributed by atoms with Gasteiger partial charge in [-0.05, 0) is 32.1 Å². The molecule has 13 heavy (non-hydrogen) atoms. The summed E-state index contributed by atoms with van der Waals surface area (Å²) in [4.78, 5) is 10.9. The van der Waals surface area contributed by atoms with Gasteiger partial charge in [0.1, 0.15) is 6.29 Å². The molecule has 2 saturated carbocycles. The molecule has 0 amide bonds. The number of hydrogen-bond acceptors (Lipinski definition) is 2. The van der Waals surface area contributed by atoms with Crippen molar-refractivity contribution in [2.24, 2.45) is 5.41 Å². The number of methoxy groups -OCH3 is 1. The summed E-state index contributed by atoms with van der Waals surface area (Å²) in [5.74, 6) is 0. The standard InChI is InChI=1S/C11H18O2/c1-13-11(4-2-3-5-11)8-10(9-12)6-7-10/h9H,2-8H2,1H3. The number of carbonyl (C=O) groups is 1. The molecule has 0 radical (unpaired) electrons. The summed E-state index contributed by atoms with van der Waals surface area (Å²) < 4.78 is 5.62. The number of rotatable bonds is 4. The molecule has 2 aliphatic rings. The average molecular weight is 182 g/mol. The lowest BCUT2D eigenvalue weighted by Crippen LogP contribution is -2.31. The van der Waals surface area contributed by atoms with Gasteiger partial charge in [0.25, 0.3) is 0 Å².